The van der Waals surface area contributed by atoms with Crippen LogP contribution in [0.15, 0.2) is 24.4 Å². The number of carbonyl (C=O) groups is 2. The molecule has 2 heterocycles. The Bertz CT molecular complexity index is 934. The van der Waals surface area contributed by atoms with Crippen LogP contribution >= 0.6 is 11.6 Å². The monoisotopic (exact) mass is 394 g/mol. The van der Waals surface area contributed by atoms with Gasteiger partial charge in [0.2, 0.25) is 6.20 Å². The zero-order valence-electron chi connectivity index (χ0n) is 14.4. The summed E-state index contributed by atoms with van der Waals surface area (Å²) in [6.07, 6.45) is 0.946. The number of nitrogens with zero attached hydrogens (tertiary/aromatic N) is 2. The minimum Gasteiger partial charge on any atom is -0.618 e. The molecule has 0 spiro atoms. The van der Waals surface area contributed by atoms with E-state index in [-0.39, 0.29) is 52.7 Å². The quantitative estimate of drug-likeness (QED) is 0.487. The maximum absolute atomic E-state index is 13.3. The fraction of sp³-hybridized carbons (Fsp3) is 0.278. The molecule has 1 N–H and O–H groups in total. The molecule has 0 unspecified atom stereocenters. The summed E-state index contributed by atoms with van der Waals surface area (Å²) in [7, 11) is 0. The number of hydrogen-bond acceptors (Lipinski definition) is 5. The van der Waals surface area contributed by atoms with Crippen LogP contribution in [0.3, 0.4) is 0 Å². The summed E-state index contributed by atoms with van der Waals surface area (Å²) in [4.78, 5) is 26.4. The molecule has 1 aromatic carbocycles. The lowest BCUT2D eigenvalue weighted by Gasteiger charge is -2.29. The predicted molar refractivity (Wildman–Crippen MR) is 92.9 cm³/mol. The van der Waals surface area contributed by atoms with Gasteiger partial charge in [0.15, 0.2) is 5.75 Å². The fourth-order valence-corrected chi connectivity index (χ4v) is 3.26. The number of hydrogen-bond donors (Lipinski definition) is 1. The fourth-order valence-electron chi connectivity index (χ4n) is 3.06. The number of pyridine rings is 1. The molecule has 0 fully saturated rings. The molecule has 1 aliphatic rings. The van der Waals surface area contributed by atoms with Crippen LogP contribution < -0.4 is 4.73 Å². The average molecular weight is 395 g/mol. The van der Waals surface area contributed by atoms with Crippen LogP contribution in [0.5, 0.6) is 5.75 Å². The van der Waals surface area contributed by atoms with Gasteiger partial charge in [0.25, 0.3) is 5.91 Å². The number of benzene rings is 1. The number of aromatic nitrogens is 1. The standard InChI is InChI=1S/C18H16ClFN2O5/c1-2-27-18(25)16-11-5-6-21(8-10-3-4-13(20)12(19)7-10)17(24)15(11)14(23)9-22(16)26/h3-4,7,9,23H,2,5-6,8H2,1H3. The Balaban J connectivity index is 1.96. The van der Waals surface area contributed by atoms with E-state index < -0.39 is 23.4 Å². The summed E-state index contributed by atoms with van der Waals surface area (Å²) in [5.74, 6) is -2.47. The van der Waals surface area contributed by atoms with E-state index in [4.69, 9.17) is 16.3 Å². The van der Waals surface area contributed by atoms with E-state index in [0.717, 1.165) is 6.20 Å². The highest BCUT2D eigenvalue weighted by Crippen LogP contribution is 2.29. The smallest absolute Gasteiger partial charge is 0.405 e. The SMILES string of the molecule is CCOC(=O)c1c2c(c(O)c[n+]1[O-])C(=O)N(Cc1ccc(F)c(Cl)c1)CC2. The third kappa shape index (κ3) is 3.52. The lowest BCUT2D eigenvalue weighted by Crippen LogP contribution is -2.43. The molecule has 1 amide bonds. The first-order chi connectivity index (χ1) is 12.8. The first-order valence-corrected chi connectivity index (χ1v) is 8.59. The summed E-state index contributed by atoms with van der Waals surface area (Å²) < 4.78 is 18.4. The lowest BCUT2D eigenvalue weighted by molar-refractivity contribution is -0.609. The maximum atomic E-state index is 13.3. The van der Waals surface area contributed by atoms with Gasteiger partial charge in [0, 0.05) is 13.1 Å². The summed E-state index contributed by atoms with van der Waals surface area (Å²) in [5.41, 5.74) is 0.354. The first kappa shape index (κ1) is 18.9. The van der Waals surface area contributed by atoms with E-state index in [9.17, 15) is 24.3 Å². The Morgan fingerprint density at radius 1 is 1.48 bits per heavy atom. The molecular formula is C18H16ClFN2O5. The molecule has 9 heteroatoms. The average Bonchev–Trinajstić information content (AvgIpc) is 2.60. The minimum absolute atomic E-state index is 0.0581. The highest BCUT2D eigenvalue weighted by Gasteiger charge is 2.36. The van der Waals surface area contributed by atoms with E-state index in [1.54, 1.807) is 6.92 Å². The van der Waals surface area contributed by atoms with E-state index in [2.05, 4.69) is 0 Å². The molecule has 142 valence electrons. The molecule has 0 bridgehead atoms. The Labute approximate surface area is 159 Å². The number of amides is 1. The second-order valence-electron chi connectivity index (χ2n) is 5.99. The normalized spacial score (nSPS) is 13.4. The minimum atomic E-state index is -0.852. The molecule has 27 heavy (non-hydrogen) atoms. The topological polar surface area (TPSA) is 93.8 Å². The van der Waals surface area contributed by atoms with Gasteiger partial charge in [0.1, 0.15) is 5.82 Å². The highest BCUT2D eigenvalue weighted by molar-refractivity contribution is 6.30. The van der Waals surface area contributed by atoms with Gasteiger partial charge in [-0.25, -0.2) is 9.18 Å². The molecule has 2 aromatic rings. The molecule has 1 aromatic heterocycles. The van der Waals surface area contributed by atoms with Crippen LogP contribution in [0.25, 0.3) is 0 Å². The summed E-state index contributed by atoms with van der Waals surface area (Å²) >= 11 is 5.77. The Morgan fingerprint density at radius 2 is 2.22 bits per heavy atom. The second-order valence-corrected chi connectivity index (χ2v) is 6.40. The predicted octanol–water partition coefficient (Wildman–Crippen LogP) is 2.19. The molecule has 3 rings (SSSR count). The van der Waals surface area contributed by atoms with Crippen molar-refractivity contribution in [3.63, 3.8) is 0 Å². The Morgan fingerprint density at radius 3 is 2.89 bits per heavy atom. The van der Waals surface area contributed by atoms with Gasteiger partial charge in [-0.05, 0) is 31.0 Å². The molecule has 0 saturated heterocycles. The highest BCUT2D eigenvalue weighted by atomic mass is 35.5. The second kappa shape index (κ2) is 7.40. The van der Waals surface area contributed by atoms with Gasteiger partial charge < -0.3 is 20.0 Å². The molecule has 7 nitrogen and oxygen atoms in total. The third-order valence-corrected chi connectivity index (χ3v) is 4.55. The van der Waals surface area contributed by atoms with Crippen LogP contribution in [0.4, 0.5) is 4.39 Å². The third-order valence-electron chi connectivity index (χ3n) is 4.26. The van der Waals surface area contributed by atoms with Crippen molar-refractivity contribution in [2.24, 2.45) is 0 Å². The van der Waals surface area contributed by atoms with Crippen molar-refractivity contribution >= 4 is 23.5 Å². The number of carbonyl (C=O) groups excluding carboxylic acids is 2. The van der Waals surface area contributed by atoms with Crippen molar-refractivity contribution in [1.82, 2.24) is 4.90 Å². The van der Waals surface area contributed by atoms with E-state index in [1.807, 2.05) is 0 Å². The van der Waals surface area contributed by atoms with Gasteiger partial charge in [-0.15, -0.1) is 0 Å². The van der Waals surface area contributed by atoms with Crippen molar-refractivity contribution in [2.75, 3.05) is 13.2 Å². The van der Waals surface area contributed by atoms with Crippen molar-refractivity contribution < 1.29 is 28.6 Å². The van der Waals surface area contributed by atoms with Gasteiger partial charge in [-0.1, -0.05) is 17.7 Å². The van der Waals surface area contributed by atoms with Crippen molar-refractivity contribution in [2.45, 2.75) is 19.9 Å². The summed E-state index contributed by atoms with van der Waals surface area (Å²) in [6, 6.07) is 4.13. The number of ether oxygens (including phenoxy) is 1. The Kier molecular flexibility index (Phi) is 5.18. The van der Waals surface area contributed by atoms with Crippen LogP contribution in [-0.4, -0.2) is 35.0 Å². The molecule has 0 aliphatic carbocycles. The molecule has 1 aliphatic heterocycles. The van der Waals surface area contributed by atoms with Crippen molar-refractivity contribution in [1.29, 1.82) is 0 Å². The number of aromatic hydroxyl groups is 1. The molecular weight excluding hydrogens is 379 g/mol. The number of fused-ring (bicyclic) bond motifs is 1. The van der Waals surface area contributed by atoms with Crippen molar-refractivity contribution in [3.05, 3.63) is 62.8 Å². The van der Waals surface area contributed by atoms with Crippen LogP contribution in [0, 0.1) is 11.0 Å². The molecule has 0 radical (unpaired) electrons. The molecule has 0 atom stereocenters. The number of halogens is 2. The van der Waals surface area contributed by atoms with Gasteiger partial charge in [-0.2, -0.15) is 4.73 Å². The lowest BCUT2D eigenvalue weighted by atomic mass is 9.96. The van der Waals surface area contributed by atoms with Crippen LogP contribution in [0.2, 0.25) is 5.02 Å². The van der Waals surface area contributed by atoms with E-state index in [1.165, 1.54) is 23.1 Å². The zero-order valence-corrected chi connectivity index (χ0v) is 15.1. The maximum Gasteiger partial charge on any atom is 0.405 e. The largest absolute Gasteiger partial charge is 0.618 e. The summed E-state index contributed by atoms with van der Waals surface area (Å²) in [5, 5.41) is 22.1. The van der Waals surface area contributed by atoms with Crippen LogP contribution in [-0.2, 0) is 17.7 Å². The van der Waals surface area contributed by atoms with Gasteiger partial charge in [0.05, 0.1) is 22.8 Å². The van der Waals surface area contributed by atoms with Crippen LogP contribution in [0.1, 0.15) is 38.9 Å². The Hall–Kier alpha value is -2.87. The van der Waals surface area contributed by atoms with Gasteiger partial charge in [-0.3, -0.25) is 4.79 Å². The van der Waals surface area contributed by atoms with E-state index >= 15 is 0 Å². The first-order valence-electron chi connectivity index (χ1n) is 8.21. The van der Waals surface area contributed by atoms with E-state index in [0.29, 0.717) is 5.56 Å². The molecule has 0 saturated carbocycles. The zero-order chi connectivity index (χ0) is 19.7. The summed E-state index contributed by atoms with van der Waals surface area (Å²) in [6.45, 7) is 2.01. The van der Waals surface area contributed by atoms with Gasteiger partial charge >= 0.3 is 11.7 Å². The number of rotatable bonds is 4. The number of esters is 1. The van der Waals surface area contributed by atoms with Crippen molar-refractivity contribution in [3.8, 4) is 5.75 Å².